The van der Waals surface area contributed by atoms with Gasteiger partial charge in [-0.2, -0.15) is 0 Å². The fourth-order valence-electron chi connectivity index (χ4n) is 2.77. The summed E-state index contributed by atoms with van der Waals surface area (Å²) in [6.45, 7) is 2.02. The maximum atomic E-state index is 12.3. The topological polar surface area (TPSA) is 114 Å². The third-order valence-electron chi connectivity index (χ3n) is 4.16. The summed E-state index contributed by atoms with van der Waals surface area (Å²) >= 11 is 5.83. The van der Waals surface area contributed by atoms with Gasteiger partial charge in [0, 0.05) is 35.3 Å². The number of nitro benzene ring substituents is 1. The molecule has 3 rings (SSSR count). The molecular formula is C18H17ClN4O5. The average molecular weight is 405 g/mol. The second-order valence-corrected chi connectivity index (χ2v) is 6.42. The predicted octanol–water partition coefficient (Wildman–Crippen LogP) is 2.16. The van der Waals surface area contributed by atoms with Crippen LogP contribution in [0.3, 0.4) is 0 Å². The van der Waals surface area contributed by atoms with Crippen LogP contribution < -0.4 is 15.8 Å². The van der Waals surface area contributed by atoms with E-state index in [1.807, 2.05) is 4.90 Å². The fraction of sp³-hybridized carbons (Fsp3) is 0.222. The third kappa shape index (κ3) is 4.56. The Kier molecular flexibility index (Phi) is 6.07. The Morgan fingerprint density at radius 2 is 1.68 bits per heavy atom. The molecule has 1 fully saturated rings. The summed E-state index contributed by atoms with van der Waals surface area (Å²) in [7, 11) is 0. The van der Waals surface area contributed by atoms with Crippen molar-refractivity contribution in [1.82, 2.24) is 10.9 Å². The smallest absolute Gasteiger partial charge is 0.293 e. The number of nitro groups is 1. The van der Waals surface area contributed by atoms with Crippen LogP contribution in [0.4, 0.5) is 11.4 Å². The zero-order valence-corrected chi connectivity index (χ0v) is 15.4. The van der Waals surface area contributed by atoms with E-state index >= 15 is 0 Å². The summed E-state index contributed by atoms with van der Waals surface area (Å²) in [5.41, 5.74) is 5.06. The Labute approximate surface area is 165 Å². The fourth-order valence-corrected chi connectivity index (χ4v) is 2.96. The Morgan fingerprint density at radius 3 is 2.29 bits per heavy atom. The molecule has 1 saturated heterocycles. The first-order valence-electron chi connectivity index (χ1n) is 8.43. The molecule has 9 nitrogen and oxygen atoms in total. The lowest BCUT2D eigenvalue weighted by Crippen LogP contribution is -2.41. The van der Waals surface area contributed by atoms with Crippen molar-refractivity contribution >= 4 is 34.8 Å². The number of ether oxygens (including phenoxy) is 1. The number of nitrogens with one attached hydrogen (secondary N) is 2. The van der Waals surface area contributed by atoms with Gasteiger partial charge in [0.05, 0.1) is 18.1 Å². The molecule has 0 saturated carbocycles. The number of carbonyl (C=O) groups is 2. The van der Waals surface area contributed by atoms with Gasteiger partial charge in [0.15, 0.2) is 0 Å². The number of anilines is 1. The van der Waals surface area contributed by atoms with Crippen molar-refractivity contribution < 1.29 is 19.2 Å². The lowest BCUT2D eigenvalue weighted by atomic mass is 10.1. The van der Waals surface area contributed by atoms with Gasteiger partial charge in [-0.25, -0.2) is 0 Å². The van der Waals surface area contributed by atoms with Gasteiger partial charge in [-0.05, 0) is 30.3 Å². The van der Waals surface area contributed by atoms with Crippen molar-refractivity contribution in [3.05, 3.63) is 68.7 Å². The van der Waals surface area contributed by atoms with Crippen LogP contribution in [0.1, 0.15) is 20.7 Å². The summed E-state index contributed by atoms with van der Waals surface area (Å²) < 4.78 is 5.26. The number of carbonyl (C=O) groups excluding carboxylic acids is 2. The maximum absolute atomic E-state index is 12.3. The summed E-state index contributed by atoms with van der Waals surface area (Å²) in [5.74, 6) is -1.23. The van der Waals surface area contributed by atoms with Gasteiger partial charge in [-0.1, -0.05) is 17.7 Å². The number of rotatable bonds is 4. The van der Waals surface area contributed by atoms with E-state index in [1.165, 1.54) is 30.3 Å². The van der Waals surface area contributed by atoms with Crippen molar-refractivity contribution in [2.75, 3.05) is 31.2 Å². The molecular weight excluding hydrogens is 388 g/mol. The van der Waals surface area contributed by atoms with Gasteiger partial charge in [0.2, 0.25) is 0 Å². The summed E-state index contributed by atoms with van der Waals surface area (Å²) in [6, 6.07) is 10.4. The zero-order chi connectivity index (χ0) is 20.1. The monoisotopic (exact) mass is 404 g/mol. The first-order chi connectivity index (χ1) is 13.5. The minimum Gasteiger partial charge on any atom is -0.378 e. The molecule has 0 bridgehead atoms. The SMILES string of the molecule is O=C(NNC(=O)c1ccc(N2CCOCC2)c([N+](=O)[O-])c1)c1cccc(Cl)c1. The van der Waals surface area contributed by atoms with Crippen molar-refractivity contribution in [2.24, 2.45) is 0 Å². The number of amides is 2. The van der Waals surface area contributed by atoms with Gasteiger partial charge >= 0.3 is 0 Å². The number of benzene rings is 2. The lowest BCUT2D eigenvalue weighted by Gasteiger charge is -2.28. The molecule has 1 heterocycles. The molecule has 0 spiro atoms. The average Bonchev–Trinajstić information content (AvgIpc) is 2.72. The van der Waals surface area contributed by atoms with Crippen LogP contribution in [-0.4, -0.2) is 43.0 Å². The molecule has 0 atom stereocenters. The molecule has 2 N–H and O–H groups in total. The standard InChI is InChI=1S/C18H17ClN4O5/c19-14-3-1-2-12(10-14)17(24)20-21-18(25)13-4-5-15(16(11-13)23(26)27)22-6-8-28-9-7-22/h1-5,10-11H,6-9H2,(H,20,24)(H,21,25). The number of halogens is 1. The van der Waals surface area contributed by atoms with Gasteiger partial charge in [0.1, 0.15) is 5.69 Å². The second-order valence-electron chi connectivity index (χ2n) is 5.98. The Bertz CT molecular complexity index is 915. The molecule has 2 aromatic rings. The number of hydrazine groups is 1. The van der Waals surface area contributed by atoms with Crippen LogP contribution in [0, 0.1) is 10.1 Å². The van der Waals surface area contributed by atoms with Crippen LogP contribution in [0.15, 0.2) is 42.5 Å². The van der Waals surface area contributed by atoms with E-state index in [2.05, 4.69) is 10.9 Å². The molecule has 2 amide bonds. The molecule has 1 aliphatic rings. The molecule has 2 aromatic carbocycles. The van der Waals surface area contributed by atoms with Gasteiger partial charge in [0.25, 0.3) is 17.5 Å². The number of morpholine rings is 1. The third-order valence-corrected chi connectivity index (χ3v) is 4.40. The Balaban J connectivity index is 1.72. The van der Waals surface area contributed by atoms with Crippen molar-refractivity contribution in [3.8, 4) is 0 Å². The van der Waals surface area contributed by atoms with Crippen molar-refractivity contribution in [1.29, 1.82) is 0 Å². The number of hydrogen-bond acceptors (Lipinski definition) is 6. The van der Waals surface area contributed by atoms with Crippen LogP contribution in [0.5, 0.6) is 0 Å². The minimum absolute atomic E-state index is 0.0510. The summed E-state index contributed by atoms with van der Waals surface area (Å²) in [5, 5.41) is 11.8. The highest BCUT2D eigenvalue weighted by atomic mass is 35.5. The first-order valence-corrected chi connectivity index (χ1v) is 8.81. The molecule has 0 aromatic heterocycles. The van der Waals surface area contributed by atoms with Crippen molar-refractivity contribution in [2.45, 2.75) is 0 Å². The number of hydrogen-bond donors (Lipinski definition) is 2. The maximum Gasteiger partial charge on any atom is 0.293 e. The highest BCUT2D eigenvalue weighted by Gasteiger charge is 2.23. The normalized spacial score (nSPS) is 13.7. The predicted molar refractivity (Wildman–Crippen MR) is 103 cm³/mol. The van der Waals surface area contributed by atoms with E-state index in [-0.39, 0.29) is 16.8 Å². The van der Waals surface area contributed by atoms with E-state index in [4.69, 9.17) is 16.3 Å². The van der Waals surface area contributed by atoms with E-state index in [1.54, 1.807) is 12.1 Å². The molecule has 28 heavy (non-hydrogen) atoms. The highest BCUT2D eigenvalue weighted by molar-refractivity contribution is 6.31. The van der Waals surface area contributed by atoms with Gasteiger partial charge in [-0.3, -0.25) is 30.6 Å². The van der Waals surface area contributed by atoms with Crippen LogP contribution in [0.2, 0.25) is 5.02 Å². The molecule has 0 unspecified atom stereocenters. The molecule has 0 radical (unpaired) electrons. The Morgan fingerprint density at radius 1 is 1.04 bits per heavy atom. The Hall–Kier alpha value is -3.17. The van der Waals surface area contributed by atoms with E-state index in [0.717, 1.165) is 0 Å². The molecule has 146 valence electrons. The number of nitrogens with zero attached hydrogens (tertiary/aromatic N) is 2. The van der Waals surface area contributed by atoms with E-state index in [9.17, 15) is 19.7 Å². The van der Waals surface area contributed by atoms with Crippen LogP contribution in [0.25, 0.3) is 0 Å². The van der Waals surface area contributed by atoms with Gasteiger partial charge in [-0.15, -0.1) is 0 Å². The first kappa shape index (κ1) is 19.6. The van der Waals surface area contributed by atoms with Crippen molar-refractivity contribution in [3.63, 3.8) is 0 Å². The lowest BCUT2D eigenvalue weighted by molar-refractivity contribution is -0.384. The zero-order valence-electron chi connectivity index (χ0n) is 14.7. The summed E-state index contributed by atoms with van der Waals surface area (Å²) in [6.07, 6.45) is 0. The quantitative estimate of drug-likeness (QED) is 0.596. The van der Waals surface area contributed by atoms with Crippen LogP contribution >= 0.6 is 11.6 Å². The second kappa shape index (κ2) is 8.68. The molecule has 10 heteroatoms. The van der Waals surface area contributed by atoms with Gasteiger partial charge < -0.3 is 9.64 Å². The van der Waals surface area contributed by atoms with E-state index < -0.39 is 16.7 Å². The van der Waals surface area contributed by atoms with Crippen LogP contribution in [-0.2, 0) is 4.74 Å². The summed E-state index contributed by atoms with van der Waals surface area (Å²) in [4.78, 5) is 37.1. The highest BCUT2D eigenvalue weighted by Crippen LogP contribution is 2.29. The largest absolute Gasteiger partial charge is 0.378 e. The molecule has 1 aliphatic heterocycles. The molecule has 0 aliphatic carbocycles. The van der Waals surface area contributed by atoms with E-state index in [0.29, 0.717) is 37.0 Å². The minimum atomic E-state index is -0.674.